The molecule has 2 fully saturated rings. The zero-order chi connectivity index (χ0) is 21.6. The molecular formula is C22H31ClN6O2. The highest BCUT2D eigenvalue weighted by Gasteiger charge is 2.21. The van der Waals surface area contributed by atoms with Crippen LogP contribution in [-0.2, 0) is 0 Å². The van der Waals surface area contributed by atoms with Gasteiger partial charge in [-0.25, -0.2) is 9.97 Å². The largest absolute Gasteiger partial charge is 0.476 e. The minimum absolute atomic E-state index is 0.172. The third kappa shape index (κ3) is 5.96. The number of aliphatic hydroxyl groups excluding tert-OH is 1. The fraction of sp³-hybridized carbons (Fsp3) is 0.591. The van der Waals surface area contributed by atoms with Gasteiger partial charge >= 0.3 is 0 Å². The van der Waals surface area contributed by atoms with E-state index >= 15 is 0 Å². The number of hydrogen-bond donors (Lipinski definition) is 2. The van der Waals surface area contributed by atoms with Crippen molar-refractivity contribution in [1.82, 2.24) is 19.9 Å². The number of piperazine rings is 1. The number of rotatable bonds is 7. The fourth-order valence-electron chi connectivity index (χ4n) is 4.11. The summed E-state index contributed by atoms with van der Waals surface area (Å²) in [7, 11) is 0. The molecule has 0 bridgehead atoms. The standard InChI is InChI=1S/C22H31ClN6O2/c1-2-28-9-11-29(12-10-28)17-5-8-20(24-13-17)26-22-25-14-19(23)21(27-22)31-15-16-3-6-18(30)7-4-16/h5,8,13-14,16,18,30H,2-4,6-7,9-12,15H2,1H3,(H,24,25,26,27). The molecule has 3 heterocycles. The first-order valence-corrected chi connectivity index (χ1v) is 11.5. The molecule has 31 heavy (non-hydrogen) atoms. The molecule has 2 aromatic heterocycles. The van der Waals surface area contributed by atoms with Gasteiger partial charge in [0, 0.05) is 26.2 Å². The summed E-state index contributed by atoms with van der Waals surface area (Å²) in [6.07, 6.45) is 6.82. The Balaban J connectivity index is 1.33. The van der Waals surface area contributed by atoms with Crippen molar-refractivity contribution in [1.29, 1.82) is 0 Å². The van der Waals surface area contributed by atoms with Crippen LogP contribution in [0.5, 0.6) is 5.88 Å². The minimum atomic E-state index is -0.172. The normalized spacial score (nSPS) is 22.4. The topological polar surface area (TPSA) is 86.6 Å². The summed E-state index contributed by atoms with van der Waals surface area (Å²) < 4.78 is 5.87. The average molecular weight is 447 g/mol. The molecule has 8 nitrogen and oxygen atoms in total. The summed E-state index contributed by atoms with van der Waals surface area (Å²) in [5.41, 5.74) is 1.12. The zero-order valence-electron chi connectivity index (χ0n) is 18.0. The third-order valence-electron chi connectivity index (χ3n) is 6.16. The number of likely N-dealkylation sites (N-methyl/N-ethyl adjacent to an activating group) is 1. The molecule has 0 unspecified atom stereocenters. The Kier molecular flexibility index (Phi) is 7.42. The molecule has 1 aliphatic heterocycles. The first-order valence-electron chi connectivity index (χ1n) is 11.1. The van der Waals surface area contributed by atoms with Crippen LogP contribution in [0.15, 0.2) is 24.5 Å². The SMILES string of the molecule is CCN1CCN(c2ccc(Nc3ncc(Cl)c(OCC4CCC(O)CC4)n3)nc2)CC1. The Bertz CT molecular complexity index is 836. The van der Waals surface area contributed by atoms with Gasteiger partial charge in [-0.05, 0) is 50.3 Å². The van der Waals surface area contributed by atoms with E-state index in [1.807, 2.05) is 12.3 Å². The third-order valence-corrected chi connectivity index (χ3v) is 6.42. The number of hydrogen-bond acceptors (Lipinski definition) is 8. The van der Waals surface area contributed by atoms with Crippen LogP contribution in [0.1, 0.15) is 32.6 Å². The van der Waals surface area contributed by atoms with Crippen molar-refractivity contribution in [3.63, 3.8) is 0 Å². The molecule has 0 aromatic carbocycles. The van der Waals surface area contributed by atoms with E-state index < -0.39 is 0 Å². The summed E-state index contributed by atoms with van der Waals surface area (Å²) >= 11 is 6.23. The van der Waals surface area contributed by atoms with Crippen molar-refractivity contribution in [3.8, 4) is 5.88 Å². The number of nitrogens with one attached hydrogen (secondary N) is 1. The van der Waals surface area contributed by atoms with Gasteiger partial charge in [0.25, 0.3) is 0 Å². The molecule has 1 saturated carbocycles. The molecule has 9 heteroatoms. The molecule has 2 N–H and O–H groups in total. The highest BCUT2D eigenvalue weighted by molar-refractivity contribution is 6.31. The van der Waals surface area contributed by atoms with E-state index in [1.54, 1.807) is 6.20 Å². The second-order valence-corrected chi connectivity index (χ2v) is 8.69. The van der Waals surface area contributed by atoms with Crippen molar-refractivity contribution in [3.05, 3.63) is 29.5 Å². The van der Waals surface area contributed by atoms with Crippen molar-refractivity contribution in [2.24, 2.45) is 5.92 Å². The first kappa shape index (κ1) is 22.0. The Morgan fingerprint density at radius 3 is 2.55 bits per heavy atom. The summed E-state index contributed by atoms with van der Waals surface area (Å²) in [6, 6.07) is 4.01. The van der Waals surface area contributed by atoms with Crippen molar-refractivity contribution in [2.75, 3.05) is 49.5 Å². The molecule has 0 atom stereocenters. The molecule has 1 aliphatic carbocycles. The molecule has 2 aromatic rings. The van der Waals surface area contributed by atoms with Gasteiger partial charge in [0.1, 0.15) is 10.8 Å². The highest BCUT2D eigenvalue weighted by atomic mass is 35.5. The Hall–Kier alpha value is -2.16. The molecule has 4 rings (SSSR count). The predicted molar refractivity (Wildman–Crippen MR) is 122 cm³/mol. The van der Waals surface area contributed by atoms with Crippen LogP contribution >= 0.6 is 11.6 Å². The zero-order valence-corrected chi connectivity index (χ0v) is 18.8. The van der Waals surface area contributed by atoms with E-state index in [-0.39, 0.29) is 6.10 Å². The number of aromatic nitrogens is 3. The number of aliphatic hydroxyl groups is 1. The van der Waals surface area contributed by atoms with Gasteiger partial charge in [0.15, 0.2) is 0 Å². The van der Waals surface area contributed by atoms with Gasteiger partial charge < -0.3 is 25.0 Å². The quantitative estimate of drug-likeness (QED) is 0.669. The van der Waals surface area contributed by atoms with Crippen LogP contribution in [0.4, 0.5) is 17.5 Å². The van der Waals surface area contributed by atoms with Crippen molar-refractivity contribution >= 4 is 29.1 Å². The lowest BCUT2D eigenvalue weighted by molar-refractivity contribution is 0.0909. The summed E-state index contributed by atoms with van der Waals surface area (Å²) in [6.45, 7) is 8.05. The monoisotopic (exact) mass is 446 g/mol. The smallest absolute Gasteiger partial charge is 0.237 e. The van der Waals surface area contributed by atoms with Crippen molar-refractivity contribution < 1.29 is 9.84 Å². The number of anilines is 3. The van der Waals surface area contributed by atoms with E-state index in [4.69, 9.17) is 16.3 Å². The van der Waals surface area contributed by atoms with Gasteiger partial charge in [0.2, 0.25) is 11.8 Å². The molecular weight excluding hydrogens is 416 g/mol. The lowest BCUT2D eigenvalue weighted by Gasteiger charge is -2.35. The minimum Gasteiger partial charge on any atom is -0.476 e. The molecule has 1 saturated heterocycles. The fourth-order valence-corrected chi connectivity index (χ4v) is 4.25. The lowest BCUT2D eigenvalue weighted by Crippen LogP contribution is -2.46. The second kappa shape index (κ2) is 10.4. The maximum atomic E-state index is 9.64. The summed E-state index contributed by atoms with van der Waals surface area (Å²) in [5.74, 6) is 1.86. The number of halogens is 1. The molecule has 168 valence electrons. The molecule has 0 spiro atoms. The van der Waals surface area contributed by atoms with Crippen LogP contribution < -0.4 is 15.0 Å². The van der Waals surface area contributed by atoms with E-state index in [1.165, 1.54) is 0 Å². The second-order valence-electron chi connectivity index (χ2n) is 8.28. The van der Waals surface area contributed by atoms with Crippen LogP contribution in [0, 0.1) is 5.92 Å². The Morgan fingerprint density at radius 2 is 1.87 bits per heavy atom. The van der Waals surface area contributed by atoms with Gasteiger partial charge in [-0.1, -0.05) is 18.5 Å². The van der Waals surface area contributed by atoms with Crippen LogP contribution in [0.3, 0.4) is 0 Å². The Labute approximate surface area is 188 Å². The number of pyridine rings is 1. The average Bonchev–Trinajstić information content (AvgIpc) is 2.81. The lowest BCUT2D eigenvalue weighted by atomic mass is 9.88. The summed E-state index contributed by atoms with van der Waals surface area (Å²) in [5, 5.41) is 13.2. The van der Waals surface area contributed by atoms with E-state index in [0.29, 0.717) is 35.2 Å². The number of nitrogens with zero attached hydrogens (tertiary/aromatic N) is 5. The van der Waals surface area contributed by atoms with E-state index in [2.05, 4.69) is 43.1 Å². The van der Waals surface area contributed by atoms with Crippen LogP contribution in [0.25, 0.3) is 0 Å². The number of ether oxygens (including phenoxy) is 1. The van der Waals surface area contributed by atoms with Gasteiger partial charge in [-0.15, -0.1) is 0 Å². The summed E-state index contributed by atoms with van der Waals surface area (Å²) in [4.78, 5) is 18.0. The molecule has 0 radical (unpaired) electrons. The highest BCUT2D eigenvalue weighted by Crippen LogP contribution is 2.28. The van der Waals surface area contributed by atoms with E-state index in [0.717, 1.165) is 64.1 Å². The Morgan fingerprint density at radius 1 is 1.10 bits per heavy atom. The van der Waals surface area contributed by atoms with Crippen molar-refractivity contribution in [2.45, 2.75) is 38.7 Å². The van der Waals surface area contributed by atoms with Gasteiger partial charge in [-0.2, -0.15) is 4.98 Å². The maximum absolute atomic E-state index is 9.64. The predicted octanol–water partition coefficient (Wildman–Crippen LogP) is 3.34. The van der Waals surface area contributed by atoms with Crippen LogP contribution in [-0.4, -0.2) is 70.4 Å². The molecule has 2 aliphatic rings. The van der Waals surface area contributed by atoms with E-state index in [9.17, 15) is 5.11 Å². The first-order chi connectivity index (χ1) is 15.1. The molecule has 0 amide bonds. The van der Waals surface area contributed by atoms with Gasteiger partial charge in [0.05, 0.1) is 30.8 Å². The van der Waals surface area contributed by atoms with Crippen LogP contribution in [0.2, 0.25) is 5.02 Å². The van der Waals surface area contributed by atoms with Gasteiger partial charge in [-0.3, -0.25) is 0 Å². The maximum Gasteiger partial charge on any atom is 0.237 e.